The van der Waals surface area contributed by atoms with E-state index in [1.165, 1.54) is 4.90 Å². The fourth-order valence-electron chi connectivity index (χ4n) is 1.86. The molecule has 5 heteroatoms. The van der Waals surface area contributed by atoms with Crippen molar-refractivity contribution in [2.75, 3.05) is 18.4 Å². The van der Waals surface area contributed by atoms with E-state index in [4.69, 9.17) is 0 Å². The predicted octanol–water partition coefficient (Wildman–Crippen LogP) is 0.564. The van der Waals surface area contributed by atoms with Gasteiger partial charge in [0.05, 0.1) is 25.3 Å². The van der Waals surface area contributed by atoms with Crippen LogP contribution in [0.15, 0.2) is 24.3 Å². The van der Waals surface area contributed by atoms with E-state index >= 15 is 0 Å². The fraction of sp³-hybridized carbons (Fsp3) is 0.417. The van der Waals surface area contributed by atoms with E-state index in [9.17, 15) is 15.0 Å². The number of carbonyl (C=O) groups excluding carboxylic acids is 1. The molecule has 1 aliphatic heterocycles. The van der Waals surface area contributed by atoms with Crippen LogP contribution in [0.2, 0.25) is 0 Å². The van der Waals surface area contributed by atoms with Crippen LogP contribution >= 0.6 is 0 Å². The molecule has 1 aromatic rings. The van der Waals surface area contributed by atoms with Crippen molar-refractivity contribution in [3.05, 3.63) is 29.8 Å². The number of rotatable bonds is 1. The maximum Gasteiger partial charge on any atom is 0.322 e. The first-order valence-electron chi connectivity index (χ1n) is 5.55. The number of amides is 2. The summed E-state index contributed by atoms with van der Waals surface area (Å²) in [4.78, 5) is 13.2. The first kappa shape index (κ1) is 11.9. The molecule has 17 heavy (non-hydrogen) atoms. The normalized spacial score (nSPS) is 23.8. The van der Waals surface area contributed by atoms with Gasteiger partial charge in [0.2, 0.25) is 0 Å². The first-order chi connectivity index (χ1) is 8.06. The molecule has 1 saturated heterocycles. The molecule has 0 aromatic heterocycles. The van der Waals surface area contributed by atoms with Gasteiger partial charge in [0.25, 0.3) is 0 Å². The number of nitrogens with zero attached hydrogens (tertiary/aromatic N) is 1. The van der Waals surface area contributed by atoms with E-state index in [2.05, 4.69) is 5.32 Å². The van der Waals surface area contributed by atoms with Gasteiger partial charge in [-0.1, -0.05) is 12.1 Å². The van der Waals surface area contributed by atoms with Crippen molar-refractivity contribution >= 4 is 11.7 Å². The van der Waals surface area contributed by atoms with Crippen molar-refractivity contribution in [3.8, 4) is 0 Å². The number of hydrogen-bond donors (Lipinski definition) is 3. The van der Waals surface area contributed by atoms with Crippen LogP contribution < -0.4 is 5.32 Å². The van der Waals surface area contributed by atoms with Crippen LogP contribution in [0.3, 0.4) is 0 Å². The third-order valence-corrected chi connectivity index (χ3v) is 2.82. The Morgan fingerprint density at radius 2 is 2.00 bits per heavy atom. The molecular weight excluding hydrogens is 220 g/mol. The number of anilines is 1. The van der Waals surface area contributed by atoms with Crippen molar-refractivity contribution in [1.82, 2.24) is 4.90 Å². The average Bonchev–Trinajstić information content (AvgIpc) is 2.59. The lowest BCUT2D eigenvalue weighted by atomic mass is 10.2. The number of urea groups is 1. The van der Waals surface area contributed by atoms with Gasteiger partial charge in [0.15, 0.2) is 0 Å². The van der Waals surface area contributed by atoms with E-state index in [0.29, 0.717) is 5.69 Å². The zero-order valence-corrected chi connectivity index (χ0v) is 9.63. The Balaban J connectivity index is 1.98. The molecule has 2 atom stereocenters. The summed E-state index contributed by atoms with van der Waals surface area (Å²) in [7, 11) is 0. The van der Waals surface area contributed by atoms with E-state index in [-0.39, 0.29) is 19.1 Å². The molecule has 3 N–H and O–H groups in total. The Morgan fingerprint density at radius 3 is 2.59 bits per heavy atom. The minimum absolute atomic E-state index is 0.165. The topological polar surface area (TPSA) is 72.8 Å². The molecule has 0 spiro atoms. The van der Waals surface area contributed by atoms with Gasteiger partial charge in [-0.2, -0.15) is 0 Å². The predicted molar refractivity (Wildman–Crippen MR) is 63.8 cm³/mol. The van der Waals surface area contributed by atoms with Crippen LogP contribution in [-0.4, -0.2) is 46.4 Å². The number of likely N-dealkylation sites (tertiary alicyclic amines) is 1. The van der Waals surface area contributed by atoms with Crippen LogP contribution in [0, 0.1) is 6.92 Å². The smallest absolute Gasteiger partial charge is 0.322 e. The molecule has 0 aliphatic carbocycles. The highest BCUT2D eigenvalue weighted by atomic mass is 16.3. The first-order valence-corrected chi connectivity index (χ1v) is 5.55. The second-order valence-corrected chi connectivity index (χ2v) is 4.34. The summed E-state index contributed by atoms with van der Waals surface area (Å²) in [5, 5.41) is 21.4. The summed E-state index contributed by atoms with van der Waals surface area (Å²) in [6.07, 6.45) is -1.70. The molecule has 1 aliphatic rings. The van der Waals surface area contributed by atoms with Gasteiger partial charge < -0.3 is 20.4 Å². The summed E-state index contributed by atoms with van der Waals surface area (Å²) in [5.41, 5.74) is 1.77. The number of aryl methyl sites for hydroxylation is 1. The lowest BCUT2D eigenvalue weighted by molar-refractivity contribution is 0.0572. The number of nitrogens with one attached hydrogen (secondary N) is 1. The number of carbonyl (C=O) groups is 1. The number of aliphatic hydroxyl groups excluding tert-OH is 2. The Kier molecular flexibility index (Phi) is 3.31. The minimum Gasteiger partial charge on any atom is -0.388 e. The summed E-state index contributed by atoms with van der Waals surface area (Å²) in [6, 6.07) is 7.16. The maximum atomic E-state index is 11.8. The van der Waals surface area contributed by atoms with Gasteiger partial charge in [-0.15, -0.1) is 0 Å². The van der Waals surface area contributed by atoms with E-state index < -0.39 is 12.2 Å². The molecule has 2 amide bonds. The molecule has 0 radical (unpaired) electrons. The highest BCUT2D eigenvalue weighted by Gasteiger charge is 2.32. The Hall–Kier alpha value is -1.59. The maximum absolute atomic E-state index is 11.8. The van der Waals surface area contributed by atoms with Crippen molar-refractivity contribution < 1.29 is 15.0 Å². The fourth-order valence-corrected chi connectivity index (χ4v) is 1.86. The molecule has 1 fully saturated rings. The van der Waals surface area contributed by atoms with Gasteiger partial charge in [-0.05, 0) is 24.6 Å². The second-order valence-electron chi connectivity index (χ2n) is 4.34. The summed E-state index contributed by atoms with van der Waals surface area (Å²) < 4.78 is 0. The van der Waals surface area contributed by atoms with E-state index in [0.717, 1.165) is 5.56 Å². The van der Waals surface area contributed by atoms with E-state index in [1.54, 1.807) is 6.07 Å². The third kappa shape index (κ3) is 2.75. The molecule has 2 rings (SSSR count). The number of aliphatic hydroxyl groups is 2. The van der Waals surface area contributed by atoms with Crippen LogP contribution in [0.1, 0.15) is 5.56 Å². The van der Waals surface area contributed by atoms with Crippen molar-refractivity contribution in [3.63, 3.8) is 0 Å². The number of β-amino-alcohol motifs (C(OH)–C–C–N with tert-alkyl or cyclic N) is 2. The zero-order valence-electron chi connectivity index (χ0n) is 9.63. The van der Waals surface area contributed by atoms with Crippen LogP contribution in [-0.2, 0) is 0 Å². The Labute approximate surface area is 99.7 Å². The van der Waals surface area contributed by atoms with Crippen molar-refractivity contribution in [2.45, 2.75) is 19.1 Å². The molecule has 5 nitrogen and oxygen atoms in total. The van der Waals surface area contributed by atoms with Gasteiger partial charge >= 0.3 is 6.03 Å². The molecule has 0 saturated carbocycles. The zero-order chi connectivity index (χ0) is 12.4. The van der Waals surface area contributed by atoms with Crippen LogP contribution in [0.25, 0.3) is 0 Å². The van der Waals surface area contributed by atoms with Gasteiger partial charge in [-0.25, -0.2) is 4.79 Å². The van der Waals surface area contributed by atoms with Crippen LogP contribution in [0.4, 0.5) is 10.5 Å². The molecule has 0 unspecified atom stereocenters. The minimum atomic E-state index is -0.849. The molecule has 0 bridgehead atoms. The quantitative estimate of drug-likeness (QED) is 0.667. The average molecular weight is 236 g/mol. The second kappa shape index (κ2) is 4.73. The van der Waals surface area contributed by atoms with Gasteiger partial charge in [0.1, 0.15) is 0 Å². The Morgan fingerprint density at radius 1 is 1.35 bits per heavy atom. The number of benzene rings is 1. The molecule has 92 valence electrons. The van der Waals surface area contributed by atoms with Crippen molar-refractivity contribution in [1.29, 1.82) is 0 Å². The monoisotopic (exact) mass is 236 g/mol. The molecule has 1 heterocycles. The lowest BCUT2D eigenvalue weighted by Crippen LogP contribution is -2.33. The van der Waals surface area contributed by atoms with Crippen molar-refractivity contribution in [2.24, 2.45) is 0 Å². The SMILES string of the molecule is Cc1cccc(NC(=O)N2C[C@@H](O)[C@@H](O)C2)c1. The van der Waals surface area contributed by atoms with Gasteiger partial charge in [0, 0.05) is 5.69 Å². The molecular formula is C12H16N2O3. The van der Waals surface area contributed by atoms with E-state index in [1.807, 2.05) is 25.1 Å². The Bertz CT molecular complexity index is 412. The standard InChI is InChI=1S/C12H16N2O3/c1-8-3-2-4-9(5-8)13-12(17)14-6-10(15)11(16)7-14/h2-5,10-11,15-16H,6-7H2,1H3,(H,13,17)/t10-,11+. The highest BCUT2D eigenvalue weighted by Crippen LogP contribution is 2.14. The van der Waals surface area contributed by atoms with Crippen LogP contribution in [0.5, 0.6) is 0 Å². The molecule has 1 aromatic carbocycles. The highest BCUT2D eigenvalue weighted by molar-refractivity contribution is 5.89. The summed E-state index contributed by atoms with van der Waals surface area (Å²) in [5.74, 6) is 0. The lowest BCUT2D eigenvalue weighted by Gasteiger charge is -2.16. The largest absolute Gasteiger partial charge is 0.388 e. The summed E-state index contributed by atoms with van der Waals surface area (Å²) >= 11 is 0. The number of hydrogen-bond acceptors (Lipinski definition) is 3. The summed E-state index contributed by atoms with van der Waals surface area (Å²) in [6.45, 7) is 2.27. The third-order valence-electron chi connectivity index (χ3n) is 2.82. The van der Waals surface area contributed by atoms with Gasteiger partial charge in [-0.3, -0.25) is 0 Å².